The molecule has 1 aromatic heterocycles. The maximum absolute atomic E-state index is 4.14. The van der Waals surface area contributed by atoms with Crippen LogP contribution in [0.2, 0.25) is 0 Å². The third kappa shape index (κ3) is 3.16. The summed E-state index contributed by atoms with van der Waals surface area (Å²) >= 11 is 2.28. The number of anilines is 1. The van der Waals surface area contributed by atoms with Crippen molar-refractivity contribution in [2.75, 3.05) is 5.32 Å². The molecule has 2 aromatic rings. The molecule has 3 nitrogen and oxygen atoms in total. The SMILES string of the molecule is Ic1ccc(NCc2ncccn2)cc1. The Bertz CT molecular complexity index is 414. The molecule has 0 unspecified atom stereocenters. The molecule has 0 saturated heterocycles. The minimum absolute atomic E-state index is 0.654. The van der Waals surface area contributed by atoms with Gasteiger partial charge in [-0.05, 0) is 52.9 Å². The summed E-state index contributed by atoms with van der Waals surface area (Å²) in [5.41, 5.74) is 1.09. The second-order valence-electron chi connectivity index (χ2n) is 3.03. The smallest absolute Gasteiger partial charge is 0.147 e. The van der Waals surface area contributed by atoms with E-state index >= 15 is 0 Å². The minimum Gasteiger partial charge on any atom is -0.378 e. The molecule has 0 radical (unpaired) electrons. The first kappa shape index (κ1) is 10.4. The van der Waals surface area contributed by atoms with Crippen molar-refractivity contribution < 1.29 is 0 Å². The van der Waals surface area contributed by atoms with Gasteiger partial charge >= 0.3 is 0 Å². The van der Waals surface area contributed by atoms with E-state index in [0.717, 1.165) is 11.5 Å². The van der Waals surface area contributed by atoms with Gasteiger partial charge < -0.3 is 5.32 Å². The van der Waals surface area contributed by atoms with Crippen molar-refractivity contribution >= 4 is 28.3 Å². The lowest BCUT2D eigenvalue weighted by atomic mass is 10.3. The van der Waals surface area contributed by atoms with Crippen LogP contribution in [0, 0.1) is 3.57 Å². The molecular formula is C11H10IN3. The highest BCUT2D eigenvalue weighted by Crippen LogP contribution is 2.11. The van der Waals surface area contributed by atoms with E-state index in [9.17, 15) is 0 Å². The summed E-state index contributed by atoms with van der Waals surface area (Å²) in [6, 6.07) is 10.0. The third-order valence-electron chi connectivity index (χ3n) is 1.91. The zero-order chi connectivity index (χ0) is 10.5. The van der Waals surface area contributed by atoms with Gasteiger partial charge in [-0.1, -0.05) is 0 Å². The average molecular weight is 311 g/mol. The molecule has 0 atom stereocenters. The summed E-state index contributed by atoms with van der Waals surface area (Å²) in [4.78, 5) is 8.27. The second kappa shape index (κ2) is 5.06. The topological polar surface area (TPSA) is 37.8 Å². The van der Waals surface area contributed by atoms with E-state index < -0.39 is 0 Å². The Morgan fingerprint density at radius 2 is 1.73 bits per heavy atom. The Morgan fingerprint density at radius 1 is 1.07 bits per heavy atom. The zero-order valence-corrected chi connectivity index (χ0v) is 10.2. The normalized spacial score (nSPS) is 9.93. The monoisotopic (exact) mass is 311 g/mol. The standard InChI is InChI=1S/C11H10IN3/c12-9-2-4-10(5-3-9)15-8-11-13-6-1-7-14-11/h1-7,15H,8H2. The molecule has 1 heterocycles. The molecular weight excluding hydrogens is 301 g/mol. The van der Waals surface area contributed by atoms with E-state index in [2.05, 4.69) is 50.0 Å². The lowest BCUT2D eigenvalue weighted by Crippen LogP contribution is -2.03. The van der Waals surface area contributed by atoms with E-state index in [-0.39, 0.29) is 0 Å². The molecule has 15 heavy (non-hydrogen) atoms. The predicted molar refractivity (Wildman–Crippen MR) is 68.5 cm³/mol. The van der Waals surface area contributed by atoms with Crippen LogP contribution in [0.4, 0.5) is 5.69 Å². The average Bonchev–Trinajstić information content (AvgIpc) is 2.30. The summed E-state index contributed by atoms with van der Waals surface area (Å²) < 4.78 is 1.23. The second-order valence-corrected chi connectivity index (χ2v) is 4.27. The van der Waals surface area contributed by atoms with Crippen LogP contribution in [-0.2, 0) is 6.54 Å². The number of aromatic nitrogens is 2. The van der Waals surface area contributed by atoms with E-state index in [0.29, 0.717) is 6.54 Å². The Hall–Kier alpha value is -1.17. The minimum atomic E-state index is 0.654. The molecule has 1 aromatic carbocycles. The van der Waals surface area contributed by atoms with Gasteiger partial charge in [-0.2, -0.15) is 0 Å². The van der Waals surface area contributed by atoms with Gasteiger partial charge in [0.2, 0.25) is 0 Å². The number of nitrogens with zero attached hydrogens (tertiary/aromatic N) is 2. The van der Waals surface area contributed by atoms with Gasteiger partial charge in [-0.25, -0.2) is 9.97 Å². The highest BCUT2D eigenvalue weighted by Gasteiger charge is 1.95. The maximum atomic E-state index is 4.14. The molecule has 0 bridgehead atoms. The van der Waals surface area contributed by atoms with E-state index in [1.807, 2.05) is 18.2 Å². The van der Waals surface area contributed by atoms with Crippen LogP contribution in [0.3, 0.4) is 0 Å². The van der Waals surface area contributed by atoms with Crippen LogP contribution in [-0.4, -0.2) is 9.97 Å². The number of nitrogens with one attached hydrogen (secondary N) is 1. The molecule has 0 aliphatic carbocycles. The summed E-state index contributed by atoms with van der Waals surface area (Å²) in [7, 11) is 0. The highest BCUT2D eigenvalue weighted by atomic mass is 127. The maximum Gasteiger partial charge on any atom is 0.147 e. The molecule has 0 spiro atoms. The lowest BCUT2D eigenvalue weighted by Gasteiger charge is -2.04. The Balaban J connectivity index is 1.96. The Kier molecular flexibility index (Phi) is 3.49. The molecule has 76 valence electrons. The molecule has 0 amide bonds. The van der Waals surface area contributed by atoms with Crippen molar-refractivity contribution in [3.63, 3.8) is 0 Å². The van der Waals surface area contributed by atoms with Crippen LogP contribution < -0.4 is 5.32 Å². The number of hydrogen-bond donors (Lipinski definition) is 1. The van der Waals surface area contributed by atoms with Crippen molar-refractivity contribution in [1.29, 1.82) is 0 Å². The van der Waals surface area contributed by atoms with E-state index in [4.69, 9.17) is 0 Å². The molecule has 4 heteroatoms. The quantitative estimate of drug-likeness (QED) is 0.886. The van der Waals surface area contributed by atoms with Crippen molar-refractivity contribution in [3.05, 3.63) is 52.1 Å². The van der Waals surface area contributed by atoms with Crippen molar-refractivity contribution in [3.8, 4) is 0 Å². The summed E-state index contributed by atoms with van der Waals surface area (Å²) in [6.07, 6.45) is 3.50. The van der Waals surface area contributed by atoms with Gasteiger partial charge in [-0.15, -0.1) is 0 Å². The first-order chi connectivity index (χ1) is 7.34. The van der Waals surface area contributed by atoms with Crippen LogP contribution in [0.5, 0.6) is 0 Å². The fourth-order valence-electron chi connectivity index (χ4n) is 1.17. The van der Waals surface area contributed by atoms with Gasteiger partial charge in [0, 0.05) is 21.7 Å². The number of halogens is 1. The molecule has 0 aliphatic heterocycles. The summed E-state index contributed by atoms with van der Waals surface area (Å²) in [5, 5.41) is 3.26. The number of benzene rings is 1. The molecule has 0 aliphatic rings. The van der Waals surface area contributed by atoms with Gasteiger partial charge in [0.05, 0.1) is 6.54 Å². The Morgan fingerprint density at radius 3 is 2.40 bits per heavy atom. The van der Waals surface area contributed by atoms with Gasteiger partial charge in [0.1, 0.15) is 5.82 Å². The predicted octanol–water partition coefficient (Wildman–Crippen LogP) is 2.69. The third-order valence-corrected chi connectivity index (χ3v) is 2.63. The molecule has 0 saturated carbocycles. The lowest BCUT2D eigenvalue weighted by molar-refractivity contribution is 0.948. The van der Waals surface area contributed by atoms with Crippen LogP contribution in [0.15, 0.2) is 42.7 Å². The van der Waals surface area contributed by atoms with Crippen molar-refractivity contribution in [2.45, 2.75) is 6.54 Å². The highest BCUT2D eigenvalue weighted by molar-refractivity contribution is 14.1. The fraction of sp³-hybridized carbons (Fsp3) is 0.0909. The molecule has 0 fully saturated rings. The van der Waals surface area contributed by atoms with Crippen LogP contribution in [0.1, 0.15) is 5.82 Å². The number of hydrogen-bond acceptors (Lipinski definition) is 3. The zero-order valence-electron chi connectivity index (χ0n) is 8.02. The van der Waals surface area contributed by atoms with E-state index in [1.165, 1.54) is 3.57 Å². The summed E-state index contributed by atoms with van der Waals surface area (Å²) in [5.74, 6) is 0.802. The molecule has 2 rings (SSSR count). The van der Waals surface area contributed by atoms with Gasteiger partial charge in [0.25, 0.3) is 0 Å². The fourth-order valence-corrected chi connectivity index (χ4v) is 1.53. The largest absolute Gasteiger partial charge is 0.378 e. The van der Waals surface area contributed by atoms with Crippen molar-refractivity contribution in [1.82, 2.24) is 9.97 Å². The van der Waals surface area contributed by atoms with Gasteiger partial charge in [0.15, 0.2) is 0 Å². The van der Waals surface area contributed by atoms with E-state index in [1.54, 1.807) is 12.4 Å². The Labute approximate surface area is 102 Å². The van der Waals surface area contributed by atoms with Gasteiger partial charge in [-0.3, -0.25) is 0 Å². The number of rotatable bonds is 3. The van der Waals surface area contributed by atoms with Crippen LogP contribution >= 0.6 is 22.6 Å². The van der Waals surface area contributed by atoms with Crippen molar-refractivity contribution in [2.24, 2.45) is 0 Å². The molecule has 1 N–H and O–H groups in total. The first-order valence-electron chi connectivity index (χ1n) is 4.60. The van der Waals surface area contributed by atoms with Crippen LogP contribution in [0.25, 0.3) is 0 Å². The summed E-state index contributed by atoms with van der Waals surface area (Å²) in [6.45, 7) is 0.654. The first-order valence-corrected chi connectivity index (χ1v) is 5.68.